The Morgan fingerprint density at radius 1 is 1.44 bits per heavy atom. The molecule has 1 aromatic heterocycles. The number of aliphatic hydroxyl groups excluding tert-OH is 1. The van der Waals surface area contributed by atoms with Gasteiger partial charge in [0.25, 0.3) is 0 Å². The molecular formula is C12H20N2O2. The average molecular weight is 224 g/mol. The first kappa shape index (κ1) is 12.9. The Morgan fingerprint density at radius 3 is 2.81 bits per heavy atom. The van der Waals surface area contributed by atoms with Crippen LogP contribution in [0.4, 0.5) is 0 Å². The van der Waals surface area contributed by atoms with Crippen LogP contribution in [0.1, 0.15) is 19.5 Å². The van der Waals surface area contributed by atoms with Crippen molar-refractivity contribution in [2.24, 2.45) is 5.92 Å². The zero-order chi connectivity index (χ0) is 11.8. The van der Waals surface area contributed by atoms with E-state index in [1.54, 1.807) is 6.20 Å². The number of rotatable bonds is 7. The van der Waals surface area contributed by atoms with Crippen LogP contribution in [0.25, 0.3) is 0 Å². The number of pyridine rings is 1. The summed E-state index contributed by atoms with van der Waals surface area (Å²) >= 11 is 0. The predicted molar refractivity (Wildman–Crippen MR) is 63.4 cm³/mol. The Morgan fingerprint density at radius 2 is 2.25 bits per heavy atom. The van der Waals surface area contributed by atoms with E-state index in [2.05, 4.69) is 24.1 Å². The van der Waals surface area contributed by atoms with Gasteiger partial charge in [0.05, 0.1) is 18.5 Å². The van der Waals surface area contributed by atoms with Crippen molar-refractivity contribution in [1.29, 1.82) is 0 Å². The lowest BCUT2D eigenvalue weighted by molar-refractivity contribution is 0.201. The van der Waals surface area contributed by atoms with Crippen molar-refractivity contribution in [2.75, 3.05) is 19.8 Å². The van der Waals surface area contributed by atoms with Crippen LogP contribution in [-0.4, -0.2) is 29.8 Å². The van der Waals surface area contributed by atoms with Crippen molar-refractivity contribution in [3.8, 4) is 5.75 Å². The summed E-state index contributed by atoms with van der Waals surface area (Å²) in [7, 11) is 0. The highest BCUT2D eigenvalue weighted by Gasteiger charge is 1.98. The van der Waals surface area contributed by atoms with Gasteiger partial charge in [-0.15, -0.1) is 0 Å². The van der Waals surface area contributed by atoms with Crippen molar-refractivity contribution in [2.45, 2.75) is 20.4 Å². The predicted octanol–water partition coefficient (Wildman–Crippen LogP) is 1.20. The monoisotopic (exact) mass is 224 g/mol. The van der Waals surface area contributed by atoms with E-state index in [9.17, 15) is 0 Å². The van der Waals surface area contributed by atoms with E-state index in [0.717, 1.165) is 18.8 Å². The van der Waals surface area contributed by atoms with Gasteiger partial charge in [-0.2, -0.15) is 0 Å². The maximum absolute atomic E-state index is 8.59. The van der Waals surface area contributed by atoms with Gasteiger partial charge in [-0.3, -0.25) is 4.98 Å². The molecule has 0 amide bonds. The molecule has 4 nitrogen and oxygen atoms in total. The number of ether oxygens (including phenoxy) is 1. The maximum Gasteiger partial charge on any atom is 0.137 e. The van der Waals surface area contributed by atoms with Gasteiger partial charge in [0.15, 0.2) is 0 Å². The number of aliphatic hydroxyl groups is 1. The second-order valence-corrected chi connectivity index (χ2v) is 4.08. The van der Waals surface area contributed by atoms with Crippen LogP contribution in [0, 0.1) is 5.92 Å². The van der Waals surface area contributed by atoms with E-state index in [1.165, 1.54) is 0 Å². The van der Waals surface area contributed by atoms with Crippen LogP contribution in [0.15, 0.2) is 18.3 Å². The minimum Gasteiger partial charge on any atom is -0.490 e. The van der Waals surface area contributed by atoms with Crippen LogP contribution in [0.5, 0.6) is 5.75 Å². The van der Waals surface area contributed by atoms with Gasteiger partial charge in [-0.25, -0.2) is 0 Å². The average Bonchev–Trinajstić information content (AvgIpc) is 2.27. The van der Waals surface area contributed by atoms with E-state index in [-0.39, 0.29) is 6.61 Å². The Bertz CT molecular complexity index is 286. The topological polar surface area (TPSA) is 54.4 Å². The fourth-order valence-electron chi connectivity index (χ4n) is 1.25. The second kappa shape index (κ2) is 7.19. The van der Waals surface area contributed by atoms with Gasteiger partial charge in [0.2, 0.25) is 0 Å². The molecule has 1 aromatic rings. The summed E-state index contributed by atoms with van der Waals surface area (Å²) in [5.74, 6) is 1.34. The highest BCUT2D eigenvalue weighted by molar-refractivity contribution is 5.19. The molecule has 0 atom stereocenters. The molecule has 1 heterocycles. The van der Waals surface area contributed by atoms with Crippen LogP contribution in [0.2, 0.25) is 0 Å². The summed E-state index contributed by atoms with van der Waals surface area (Å²) in [6.07, 6.45) is 1.68. The molecule has 1 rings (SSSR count). The molecule has 0 unspecified atom stereocenters. The summed E-state index contributed by atoms with van der Waals surface area (Å²) in [4.78, 5) is 4.26. The number of nitrogens with one attached hydrogen (secondary N) is 1. The standard InChI is InChI=1S/C12H20N2O2/c1-10(2)7-13-8-11-3-4-12(9-14-11)16-6-5-15/h3-4,9-10,13,15H,5-8H2,1-2H3. The quantitative estimate of drug-likeness (QED) is 0.730. The summed E-state index contributed by atoms with van der Waals surface area (Å²) in [6, 6.07) is 3.80. The third-order valence-corrected chi connectivity index (χ3v) is 2.02. The van der Waals surface area contributed by atoms with Crippen LogP contribution in [-0.2, 0) is 6.54 Å². The molecule has 0 aliphatic heterocycles. The lowest BCUT2D eigenvalue weighted by Crippen LogP contribution is -2.19. The van der Waals surface area contributed by atoms with Crippen LogP contribution in [0.3, 0.4) is 0 Å². The SMILES string of the molecule is CC(C)CNCc1ccc(OCCO)cn1. The first-order valence-corrected chi connectivity index (χ1v) is 5.61. The van der Waals surface area contributed by atoms with Crippen molar-refractivity contribution in [3.05, 3.63) is 24.0 Å². The van der Waals surface area contributed by atoms with Crippen molar-refractivity contribution >= 4 is 0 Å². The van der Waals surface area contributed by atoms with Crippen LogP contribution < -0.4 is 10.1 Å². The second-order valence-electron chi connectivity index (χ2n) is 4.08. The first-order valence-electron chi connectivity index (χ1n) is 5.61. The third kappa shape index (κ3) is 5.09. The smallest absolute Gasteiger partial charge is 0.137 e. The molecule has 0 aromatic carbocycles. The largest absolute Gasteiger partial charge is 0.490 e. The van der Waals surface area contributed by atoms with E-state index < -0.39 is 0 Å². The number of nitrogens with zero attached hydrogens (tertiary/aromatic N) is 1. The van der Waals surface area contributed by atoms with Gasteiger partial charge in [-0.05, 0) is 24.6 Å². The summed E-state index contributed by atoms with van der Waals surface area (Å²) in [6.45, 7) is 6.45. The van der Waals surface area contributed by atoms with E-state index >= 15 is 0 Å². The third-order valence-electron chi connectivity index (χ3n) is 2.02. The molecule has 4 heteroatoms. The molecule has 0 spiro atoms. The number of hydrogen-bond donors (Lipinski definition) is 2. The number of hydrogen-bond acceptors (Lipinski definition) is 4. The Hall–Kier alpha value is -1.13. The highest BCUT2D eigenvalue weighted by atomic mass is 16.5. The van der Waals surface area contributed by atoms with Crippen molar-refractivity contribution in [1.82, 2.24) is 10.3 Å². The molecule has 0 fully saturated rings. The molecule has 90 valence electrons. The van der Waals surface area contributed by atoms with E-state index in [4.69, 9.17) is 9.84 Å². The van der Waals surface area contributed by atoms with Gasteiger partial charge >= 0.3 is 0 Å². The zero-order valence-corrected chi connectivity index (χ0v) is 9.94. The van der Waals surface area contributed by atoms with Gasteiger partial charge in [0, 0.05) is 6.54 Å². The minimum atomic E-state index is 0.0255. The minimum absolute atomic E-state index is 0.0255. The fourth-order valence-corrected chi connectivity index (χ4v) is 1.25. The molecule has 0 saturated carbocycles. The Labute approximate surface area is 96.7 Å². The lowest BCUT2D eigenvalue weighted by Gasteiger charge is -2.07. The van der Waals surface area contributed by atoms with Crippen molar-refractivity contribution < 1.29 is 9.84 Å². The molecule has 0 aliphatic carbocycles. The summed E-state index contributed by atoms with van der Waals surface area (Å²) in [5, 5.41) is 11.9. The summed E-state index contributed by atoms with van der Waals surface area (Å²) < 4.78 is 5.22. The lowest BCUT2D eigenvalue weighted by atomic mass is 10.2. The molecule has 0 radical (unpaired) electrons. The molecule has 0 bridgehead atoms. The maximum atomic E-state index is 8.59. The zero-order valence-electron chi connectivity index (χ0n) is 9.94. The van der Waals surface area contributed by atoms with Crippen LogP contribution >= 0.6 is 0 Å². The molecule has 0 saturated heterocycles. The molecule has 16 heavy (non-hydrogen) atoms. The fraction of sp³-hybridized carbons (Fsp3) is 0.583. The van der Waals surface area contributed by atoms with E-state index in [0.29, 0.717) is 18.3 Å². The Balaban J connectivity index is 2.33. The summed E-state index contributed by atoms with van der Waals surface area (Å²) in [5.41, 5.74) is 0.997. The van der Waals surface area contributed by atoms with E-state index in [1.807, 2.05) is 12.1 Å². The van der Waals surface area contributed by atoms with Gasteiger partial charge in [-0.1, -0.05) is 13.8 Å². The highest BCUT2D eigenvalue weighted by Crippen LogP contribution is 2.08. The van der Waals surface area contributed by atoms with Gasteiger partial charge in [0.1, 0.15) is 12.4 Å². The Kier molecular flexibility index (Phi) is 5.82. The normalized spacial score (nSPS) is 10.8. The molecular weight excluding hydrogens is 204 g/mol. The molecule has 0 aliphatic rings. The molecule has 2 N–H and O–H groups in total. The number of aromatic nitrogens is 1. The van der Waals surface area contributed by atoms with Gasteiger partial charge < -0.3 is 15.2 Å². The van der Waals surface area contributed by atoms with Crippen molar-refractivity contribution in [3.63, 3.8) is 0 Å². The first-order chi connectivity index (χ1) is 7.72.